The maximum Gasteiger partial charge on any atom is 0.212 e. The number of ketones is 1. The van der Waals surface area contributed by atoms with Crippen LogP contribution < -0.4 is 5.73 Å². The number of Topliss-reactive ketones (excluding diaryl/α,β-unsaturated/α-hetero) is 1. The Morgan fingerprint density at radius 2 is 1.85 bits per heavy atom. The summed E-state index contributed by atoms with van der Waals surface area (Å²) in [6.45, 7) is -1.94. The van der Waals surface area contributed by atoms with E-state index in [-0.39, 0.29) is 0 Å². The average Bonchev–Trinajstić information content (AvgIpc) is 2.14. The number of rotatable bonds is 5. The number of aliphatic hydroxyl groups excluding tert-OH is 4. The molecule has 0 fully saturated rings. The third-order valence-corrected chi connectivity index (χ3v) is 1.49. The van der Waals surface area contributed by atoms with E-state index in [1.54, 1.807) is 0 Å². The Bertz CT molecular complexity index is 182. The Hall–Kier alpha value is -0.570. The SMILES string of the molecule is N[C@@](O)(CO)C(=O)[C@@H](O)[C@@H](O)CO. The molecule has 3 atom stereocenters. The second-order valence-corrected chi connectivity index (χ2v) is 2.64. The smallest absolute Gasteiger partial charge is 0.212 e. The Morgan fingerprint density at radius 3 is 2.15 bits per heavy atom. The minimum atomic E-state index is -2.60. The Morgan fingerprint density at radius 1 is 1.38 bits per heavy atom. The molecular formula is C6H13NO6. The van der Waals surface area contributed by atoms with Crippen molar-refractivity contribution in [1.29, 1.82) is 0 Å². The van der Waals surface area contributed by atoms with Crippen molar-refractivity contribution in [1.82, 2.24) is 0 Å². The van der Waals surface area contributed by atoms with Crippen molar-refractivity contribution < 1.29 is 30.3 Å². The van der Waals surface area contributed by atoms with Gasteiger partial charge in [0.1, 0.15) is 12.2 Å². The van der Waals surface area contributed by atoms with E-state index >= 15 is 0 Å². The topological polar surface area (TPSA) is 144 Å². The van der Waals surface area contributed by atoms with Gasteiger partial charge >= 0.3 is 0 Å². The highest BCUT2D eigenvalue weighted by Crippen LogP contribution is 2.04. The molecule has 0 heterocycles. The van der Waals surface area contributed by atoms with Crippen molar-refractivity contribution >= 4 is 5.78 Å². The van der Waals surface area contributed by atoms with Gasteiger partial charge in [0.15, 0.2) is 5.72 Å². The molecule has 78 valence electrons. The molecular weight excluding hydrogens is 182 g/mol. The zero-order valence-electron chi connectivity index (χ0n) is 6.79. The van der Waals surface area contributed by atoms with Crippen LogP contribution >= 0.6 is 0 Å². The average molecular weight is 195 g/mol. The molecule has 7 heteroatoms. The fourth-order valence-electron chi connectivity index (χ4n) is 0.609. The standard InChI is InChI=1S/C6H13NO6/c7-6(13,2-9)5(12)4(11)3(10)1-8/h3-4,8-11,13H,1-2,7H2/t3-,4-,6+/m0/s1. The summed E-state index contributed by atoms with van der Waals surface area (Å²) in [5.41, 5.74) is 2.25. The van der Waals surface area contributed by atoms with Gasteiger partial charge in [0.2, 0.25) is 5.78 Å². The highest BCUT2D eigenvalue weighted by molar-refractivity contribution is 5.90. The number of carbonyl (C=O) groups is 1. The molecule has 0 aromatic rings. The summed E-state index contributed by atoms with van der Waals surface area (Å²) in [5, 5.41) is 43.4. The molecule has 0 aromatic heterocycles. The van der Waals surface area contributed by atoms with Crippen LogP contribution in [-0.4, -0.2) is 62.5 Å². The number of carbonyl (C=O) groups excluding carboxylic acids is 1. The monoisotopic (exact) mass is 195 g/mol. The molecule has 0 amide bonds. The first-order valence-electron chi connectivity index (χ1n) is 3.50. The molecule has 0 saturated heterocycles. The lowest BCUT2D eigenvalue weighted by Crippen LogP contribution is -2.58. The van der Waals surface area contributed by atoms with Crippen molar-refractivity contribution in [2.75, 3.05) is 13.2 Å². The maximum absolute atomic E-state index is 10.9. The first-order chi connectivity index (χ1) is 5.86. The van der Waals surface area contributed by atoms with Gasteiger partial charge in [-0.1, -0.05) is 0 Å². The second kappa shape index (κ2) is 4.61. The lowest BCUT2D eigenvalue weighted by molar-refractivity contribution is -0.157. The molecule has 0 saturated carbocycles. The molecule has 0 unspecified atom stereocenters. The summed E-state index contributed by atoms with van der Waals surface area (Å²) >= 11 is 0. The Balaban J connectivity index is 4.42. The van der Waals surface area contributed by atoms with E-state index in [0.29, 0.717) is 0 Å². The quantitative estimate of drug-likeness (QED) is 0.245. The molecule has 7 nitrogen and oxygen atoms in total. The summed E-state index contributed by atoms with van der Waals surface area (Å²) in [4.78, 5) is 10.9. The van der Waals surface area contributed by atoms with Gasteiger partial charge in [0, 0.05) is 0 Å². The van der Waals surface area contributed by atoms with Gasteiger partial charge in [-0.3, -0.25) is 10.5 Å². The minimum absolute atomic E-state index is 0.853. The number of nitrogens with two attached hydrogens (primary N) is 1. The third kappa shape index (κ3) is 2.99. The lowest BCUT2D eigenvalue weighted by Gasteiger charge is -2.23. The van der Waals surface area contributed by atoms with Crippen molar-refractivity contribution in [3.05, 3.63) is 0 Å². The van der Waals surface area contributed by atoms with Gasteiger partial charge in [-0.15, -0.1) is 0 Å². The highest BCUT2D eigenvalue weighted by atomic mass is 16.4. The third-order valence-electron chi connectivity index (χ3n) is 1.49. The van der Waals surface area contributed by atoms with Crippen molar-refractivity contribution in [2.24, 2.45) is 5.73 Å². The van der Waals surface area contributed by atoms with Crippen LogP contribution in [0.5, 0.6) is 0 Å². The lowest BCUT2D eigenvalue weighted by atomic mass is 10.0. The fraction of sp³-hybridized carbons (Fsp3) is 0.833. The van der Waals surface area contributed by atoms with Crippen LogP contribution in [0.15, 0.2) is 0 Å². The van der Waals surface area contributed by atoms with E-state index in [1.165, 1.54) is 0 Å². The van der Waals surface area contributed by atoms with E-state index in [9.17, 15) is 4.79 Å². The van der Waals surface area contributed by atoms with Crippen LogP contribution in [0.3, 0.4) is 0 Å². The molecule has 7 N–H and O–H groups in total. The predicted octanol–water partition coefficient (Wildman–Crippen LogP) is -4.09. The fourth-order valence-corrected chi connectivity index (χ4v) is 0.609. The van der Waals surface area contributed by atoms with Crippen LogP contribution in [-0.2, 0) is 4.79 Å². The zero-order valence-corrected chi connectivity index (χ0v) is 6.79. The first kappa shape index (κ1) is 12.4. The van der Waals surface area contributed by atoms with E-state index in [1.807, 2.05) is 0 Å². The van der Waals surface area contributed by atoms with E-state index in [0.717, 1.165) is 0 Å². The predicted molar refractivity (Wildman–Crippen MR) is 40.3 cm³/mol. The molecule has 0 spiro atoms. The normalized spacial score (nSPS) is 20.5. The van der Waals surface area contributed by atoms with Crippen LogP contribution in [0.25, 0.3) is 0 Å². The summed E-state index contributed by atoms with van der Waals surface area (Å²) in [6.07, 6.45) is -3.75. The molecule has 0 rings (SSSR count). The molecule has 0 aliphatic heterocycles. The molecule has 0 aliphatic rings. The van der Waals surface area contributed by atoms with E-state index in [4.69, 9.17) is 31.3 Å². The summed E-state index contributed by atoms with van der Waals surface area (Å²) in [7, 11) is 0. The van der Waals surface area contributed by atoms with Gasteiger partial charge < -0.3 is 25.5 Å². The first-order valence-corrected chi connectivity index (χ1v) is 3.50. The molecule has 0 aliphatic carbocycles. The van der Waals surface area contributed by atoms with Crippen LogP contribution in [0, 0.1) is 0 Å². The molecule has 0 radical (unpaired) electrons. The van der Waals surface area contributed by atoms with Crippen molar-refractivity contribution in [3.8, 4) is 0 Å². The number of hydrogen-bond acceptors (Lipinski definition) is 7. The maximum atomic E-state index is 10.9. The molecule has 13 heavy (non-hydrogen) atoms. The van der Waals surface area contributed by atoms with Crippen LogP contribution in [0.4, 0.5) is 0 Å². The van der Waals surface area contributed by atoms with Gasteiger partial charge in [0.25, 0.3) is 0 Å². The number of hydrogen-bond donors (Lipinski definition) is 6. The zero-order chi connectivity index (χ0) is 10.6. The van der Waals surface area contributed by atoms with Gasteiger partial charge in [-0.05, 0) is 0 Å². The summed E-state index contributed by atoms with van der Waals surface area (Å²) < 4.78 is 0. The molecule has 0 bridgehead atoms. The van der Waals surface area contributed by atoms with Crippen LogP contribution in [0.2, 0.25) is 0 Å². The largest absolute Gasteiger partial charge is 0.394 e. The summed E-state index contributed by atoms with van der Waals surface area (Å²) in [5.74, 6) is -1.35. The van der Waals surface area contributed by atoms with Gasteiger partial charge in [0.05, 0.1) is 13.2 Å². The van der Waals surface area contributed by atoms with Crippen LogP contribution in [0.1, 0.15) is 0 Å². The Labute approximate surface area is 74.0 Å². The number of aliphatic hydroxyl groups is 5. The highest BCUT2D eigenvalue weighted by Gasteiger charge is 2.38. The minimum Gasteiger partial charge on any atom is -0.394 e. The van der Waals surface area contributed by atoms with Gasteiger partial charge in [-0.2, -0.15) is 0 Å². The second-order valence-electron chi connectivity index (χ2n) is 2.64. The summed E-state index contributed by atoms with van der Waals surface area (Å²) in [6, 6.07) is 0. The van der Waals surface area contributed by atoms with E-state index in [2.05, 4.69) is 0 Å². The van der Waals surface area contributed by atoms with Crippen molar-refractivity contribution in [3.63, 3.8) is 0 Å². The van der Waals surface area contributed by atoms with Crippen molar-refractivity contribution in [2.45, 2.75) is 17.9 Å². The molecule has 0 aromatic carbocycles. The Kier molecular flexibility index (Phi) is 4.40. The van der Waals surface area contributed by atoms with E-state index < -0.39 is 36.9 Å². The van der Waals surface area contributed by atoms with Gasteiger partial charge in [-0.25, -0.2) is 0 Å².